The average Bonchev–Trinajstić information content (AvgIpc) is 1.80. The number of amides is 2. The second kappa shape index (κ2) is 2.36. The third-order valence-electron chi connectivity index (χ3n) is 1.69. The predicted octanol–water partition coefficient (Wildman–Crippen LogP) is 0.712. The van der Waals surface area contributed by atoms with E-state index in [0.717, 1.165) is 0 Å². The van der Waals surface area contributed by atoms with Gasteiger partial charge in [0, 0.05) is 14.1 Å². The topological polar surface area (TPSA) is 23.6 Å². The Morgan fingerprint density at radius 2 is 2.00 bits per heavy atom. The molecule has 0 unspecified atom stereocenters. The minimum Gasteiger partial charge on any atom is -0.331 e. The zero-order valence-corrected chi connectivity index (χ0v) is 7.09. The fraction of sp³-hybridized carbons (Fsp3) is 0.857. The van der Waals surface area contributed by atoms with Crippen LogP contribution in [0.25, 0.3) is 0 Å². The van der Waals surface area contributed by atoms with Gasteiger partial charge < -0.3 is 9.80 Å². The minimum absolute atomic E-state index is 0.111. The first-order chi connectivity index (χ1) is 4.92. The highest BCUT2D eigenvalue weighted by Crippen LogP contribution is 2.24. The smallest absolute Gasteiger partial charge is 0.319 e. The Morgan fingerprint density at radius 3 is 2.27 bits per heavy atom. The van der Waals surface area contributed by atoms with Crippen LogP contribution >= 0.6 is 0 Å². The van der Waals surface area contributed by atoms with Crippen molar-refractivity contribution in [2.24, 2.45) is 0 Å². The Labute approximate surface area is 65.8 Å². The van der Waals surface area contributed by atoms with Gasteiger partial charge in [0.05, 0.1) is 13.1 Å². The van der Waals surface area contributed by atoms with Crippen molar-refractivity contribution in [3.63, 3.8) is 0 Å². The lowest BCUT2D eigenvalue weighted by Gasteiger charge is -2.43. The molecule has 0 aromatic carbocycles. The molecule has 0 saturated carbocycles. The molecule has 0 aliphatic carbocycles. The lowest BCUT2D eigenvalue weighted by atomic mass is 10.00. The highest BCUT2D eigenvalue weighted by atomic mass is 19.1. The number of likely N-dealkylation sites (tertiary alicyclic amines) is 1. The number of urea groups is 1. The van der Waals surface area contributed by atoms with Crippen molar-refractivity contribution < 1.29 is 9.18 Å². The van der Waals surface area contributed by atoms with Crippen LogP contribution < -0.4 is 0 Å². The summed E-state index contributed by atoms with van der Waals surface area (Å²) in [6.45, 7) is 1.96. The molecule has 0 atom stereocenters. The van der Waals surface area contributed by atoms with E-state index >= 15 is 0 Å². The van der Waals surface area contributed by atoms with Gasteiger partial charge in [0.15, 0.2) is 0 Å². The molecule has 1 aliphatic heterocycles. The SMILES string of the molecule is CN(C)C(=O)N1CC(C)(F)C1. The number of hydrogen-bond acceptors (Lipinski definition) is 1. The maximum atomic E-state index is 12.9. The fourth-order valence-electron chi connectivity index (χ4n) is 1.17. The van der Waals surface area contributed by atoms with Crippen LogP contribution in [0.15, 0.2) is 0 Å². The van der Waals surface area contributed by atoms with Crippen molar-refractivity contribution in [3.05, 3.63) is 0 Å². The highest BCUT2D eigenvalue weighted by Gasteiger charge is 2.41. The quantitative estimate of drug-likeness (QED) is 0.512. The number of carbonyl (C=O) groups excluding carboxylic acids is 1. The monoisotopic (exact) mass is 160 g/mol. The summed E-state index contributed by atoms with van der Waals surface area (Å²) in [5.41, 5.74) is -1.16. The van der Waals surface area contributed by atoms with Crippen molar-refractivity contribution in [2.45, 2.75) is 12.6 Å². The molecule has 1 fully saturated rings. The standard InChI is InChI=1S/C7H13FN2O/c1-7(8)4-10(5-7)6(11)9(2)3/h4-5H2,1-3H3. The zero-order valence-electron chi connectivity index (χ0n) is 7.09. The highest BCUT2D eigenvalue weighted by molar-refractivity contribution is 5.75. The molecule has 11 heavy (non-hydrogen) atoms. The van der Waals surface area contributed by atoms with Crippen molar-refractivity contribution >= 4 is 6.03 Å². The summed E-state index contributed by atoms with van der Waals surface area (Å²) in [4.78, 5) is 14.0. The summed E-state index contributed by atoms with van der Waals surface area (Å²) < 4.78 is 12.9. The van der Waals surface area contributed by atoms with Gasteiger partial charge in [-0.1, -0.05) is 0 Å². The van der Waals surface area contributed by atoms with E-state index in [1.54, 1.807) is 14.1 Å². The van der Waals surface area contributed by atoms with E-state index in [4.69, 9.17) is 0 Å². The molecule has 1 aliphatic rings. The molecule has 2 amide bonds. The molecule has 4 heteroatoms. The first-order valence-electron chi connectivity index (χ1n) is 3.57. The summed E-state index contributed by atoms with van der Waals surface area (Å²) in [7, 11) is 3.33. The van der Waals surface area contributed by atoms with E-state index in [2.05, 4.69) is 0 Å². The molecule has 0 radical (unpaired) electrons. The van der Waals surface area contributed by atoms with Crippen molar-refractivity contribution in [1.82, 2.24) is 9.80 Å². The minimum atomic E-state index is -1.16. The van der Waals surface area contributed by atoms with E-state index in [1.807, 2.05) is 0 Å². The van der Waals surface area contributed by atoms with Crippen LogP contribution in [0, 0.1) is 0 Å². The van der Waals surface area contributed by atoms with E-state index in [1.165, 1.54) is 16.7 Å². The lowest BCUT2D eigenvalue weighted by molar-refractivity contribution is 0.00258. The van der Waals surface area contributed by atoms with Crippen molar-refractivity contribution in [2.75, 3.05) is 27.2 Å². The van der Waals surface area contributed by atoms with E-state index in [9.17, 15) is 9.18 Å². The van der Waals surface area contributed by atoms with Gasteiger partial charge in [-0.15, -0.1) is 0 Å². The Morgan fingerprint density at radius 1 is 1.55 bits per heavy atom. The van der Waals surface area contributed by atoms with Gasteiger partial charge in [-0.2, -0.15) is 0 Å². The molecular formula is C7H13FN2O. The van der Waals surface area contributed by atoms with Gasteiger partial charge in [-0.05, 0) is 6.92 Å². The second-order valence-corrected chi connectivity index (χ2v) is 3.45. The molecule has 0 aromatic rings. The van der Waals surface area contributed by atoms with Gasteiger partial charge in [-0.3, -0.25) is 0 Å². The predicted molar refractivity (Wildman–Crippen MR) is 40.2 cm³/mol. The summed E-state index contributed by atoms with van der Waals surface area (Å²) >= 11 is 0. The fourth-order valence-corrected chi connectivity index (χ4v) is 1.17. The van der Waals surface area contributed by atoms with Crippen LogP contribution in [0.2, 0.25) is 0 Å². The van der Waals surface area contributed by atoms with Crippen LogP contribution in [0.5, 0.6) is 0 Å². The molecule has 0 spiro atoms. The molecular weight excluding hydrogens is 147 g/mol. The van der Waals surface area contributed by atoms with Gasteiger partial charge in [0.1, 0.15) is 5.67 Å². The largest absolute Gasteiger partial charge is 0.331 e. The molecule has 64 valence electrons. The summed E-state index contributed by atoms with van der Waals surface area (Å²) in [5.74, 6) is 0. The normalized spacial score (nSPS) is 20.9. The third kappa shape index (κ3) is 1.61. The van der Waals surface area contributed by atoms with Gasteiger partial charge in [-0.25, -0.2) is 9.18 Å². The Kier molecular flexibility index (Phi) is 1.78. The number of alkyl halides is 1. The summed E-state index contributed by atoms with van der Waals surface area (Å²) in [6.07, 6.45) is 0. The van der Waals surface area contributed by atoms with Crippen molar-refractivity contribution in [1.29, 1.82) is 0 Å². The lowest BCUT2D eigenvalue weighted by Crippen LogP contribution is -2.61. The molecule has 1 rings (SSSR count). The first-order valence-corrected chi connectivity index (χ1v) is 3.57. The first kappa shape index (κ1) is 8.30. The molecule has 1 saturated heterocycles. The van der Waals surface area contributed by atoms with E-state index < -0.39 is 5.67 Å². The number of carbonyl (C=O) groups is 1. The number of rotatable bonds is 0. The van der Waals surface area contributed by atoms with Crippen LogP contribution in [-0.2, 0) is 0 Å². The molecule has 0 N–H and O–H groups in total. The molecule has 1 heterocycles. The maximum absolute atomic E-state index is 12.9. The molecule has 0 aromatic heterocycles. The van der Waals surface area contributed by atoms with Crippen LogP contribution in [0.4, 0.5) is 9.18 Å². The average molecular weight is 160 g/mol. The second-order valence-electron chi connectivity index (χ2n) is 3.45. The van der Waals surface area contributed by atoms with Crippen LogP contribution in [-0.4, -0.2) is 48.7 Å². The van der Waals surface area contributed by atoms with E-state index in [-0.39, 0.29) is 19.1 Å². The molecule has 0 bridgehead atoms. The summed E-state index contributed by atoms with van der Waals surface area (Å²) in [5, 5.41) is 0. The van der Waals surface area contributed by atoms with Crippen LogP contribution in [0.1, 0.15) is 6.92 Å². The number of nitrogens with zero attached hydrogens (tertiary/aromatic N) is 2. The number of halogens is 1. The van der Waals surface area contributed by atoms with Gasteiger partial charge in [0.25, 0.3) is 0 Å². The van der Waals surface area contributed by atoms with Gasteiger partial charge >= 0.3 is 6.03 Å². The Balaban J connectivity index is 2.38. The maximum Gasteiger partial charge on any atom is 0.319 e. The van der Waals surface area contributed by atoms with E-state index in [0.29, 0.717) is 0 Å². The molecule has 3 nitrogen and oxygen atoms in total. The Hall–Kier alpha value is -0.800. The van der Waals surface area contributed by atoms with Crippen LogP contribution in [0.3, 0.4) is 0 Å². The van der Waals surface area contributed by atoms with Crippen molar-refractivity contribution in [3.8, 4) is 0 Å². The Bertz CT molecular complexity index is 171. The van der Waals surface area contributed by atoms with Gasteiger partial charge in [0.2, 0.25) is 0 Å². The third-order valence-corrected chi connectivity index (χ3v) is 1.69. The zero-order chi connectivity index (χ0) is 8.65. The summed E-state index contributed by atoms with van der Waals surface area (Å²) in [6, 6.07) is -0.111. The number of hydrogen-bond donors (Lipinski definition) is 0.